The fourth-order valence-corrected chi connectivity index (χ4v) is 5.22. The van der Waals surface area contributed by atoms with E-state index in [1.165, 1.54) is 17.3 Å². The Morgan fingerprint density at radius 1 is 1.00 bits per heavy atom. The van der Waals surface area contributed by atoms with Crippen molar-refractivity contribution in [1.82, 2.24) is 4.90 Å². The first-order chi connectivity index (χ1) is 17.2. The van der Waals surface area contributed by atoms with Crippen molar-refractivity contribution in [3.05, 3.63) is 58.5 Å². The molecule has 9 heteroatoms. The topological polar surface area (TPSA) is 65.0 Å². The van der Waals surface area contributed by atoms with Crippen LogP contribution in [0.25, 0.3) is 0 Å². The maximum absolute atomic E-state index is 13.2. The molecule has 2 aromatic rings. The Morgan fingerprint density at radius 2 is 1.67 bits per heavy atom. The lowest BCUT2D eigenvalue weighted by molar-refractivity contribution is -0.137. The Balaban J connectivity index is 1.19. The average Bonchev–Trinajstić information content (AvgIpc) is 2.88. The number of rotatable bonds is 7. The van der Waals surface area contributed by atoms with Crippen LogP contribution in [0.2, 0.25) is 0 Å². The molecule has 0 bridgehead atoms. The lowest BCUT2D eigenvalue weighted by Gasteiger charge is -2.36. The summed E-state index contributed by atoms with van der Waals surface area (Å²) in [5, 5.41) is 5.67. The van der Waals surface area contributed by atoms with E-state index in [1.54, 1.807) is 0 Å². The molecule has 1 aliphatic heterocycles. The number of anilines is 2. The van der Waals surface area contributed by atoms with E-state index in [1.807, 2.05) is 4.90 Å². The Bertz CT molecular complexity index is 1040. The van der Waals surface area contributed by atoms with Gasteiger partial charge < -0.3 is 15.1 Å². The van der Waals surface area contributed by atoms with Crippen LogP contribution in [0, 0.1) is 17.7 Å². The number of aryl methyl sites for hydroxylation is 1. The minimum absolute atomic E-state index is 0.0722. The average molecular weight is 503 g/mol. The van der Waals surface area contributed by atoms with E-state index >= 15 is 0 Å². The summed E-state index contributed by atoms with van der Waals surface area (Å²) >= 11 is 0. The second-order valence-corrected chi connectivity index (χ2v) is 9.93. The molecule has 36 heavy (non-hydrogen) atoms. The Labute approximate surface area is 209 Å². The van der Waals surface area contributed by atoms with Crippen molar-refractivity contribution in [1.29, 1.82) is 0 Å². The maximum Gasteiger partial charge on any atom is 0.418 e. The van der Waals surface area contributed by atoms with Gasteiger partial charge in [-0.15, -0.1) is 4.91 Å². The van der Waals surface area contributed by atoms with Gasteiger partial charge in [-0.3, -0.25) is 4.79 Å². The maximum atomic E-state index is 13.2. The van der Waals surface area contributed by atoms with Crippen LogP contribution in [0.3, 0.4) is 0 Å². The van der Waals surface area contributed by atoms with Crippen molar-refractivity contribution in [2.45, 2.75) is 57.7 Å². The van der Waals surface area contributed by atoms with E-state index in [0.717, 1.165) is 70.4 Å². The molecule has 0 unspecified atom stereocenters. The SMILES string of the molecule is Cc1ccc(N2CCN(C(=O)CCC3CCC(Nc4ccc(N=O)c(C(F)(F)F)c4)CC3)CC2)cc1. The van der Waals surface area contributed by atoms with Gasteiger partial charge in [0.15, 0.2) is 0 Å². The van der Waals surface area contributed by atoms with Crippen LogP contribution < -0.4 is 10.2 Å². The summed E-state index contributed by atoms with van der Waals surface area (Å²) in [6.07, 6.45) is 0.313. The Kier molecular flexibility index (Phi) is 8.16. The predicted octanol–water partition coefficient (Wildman–Crippen LogP) is 6.51. The van der Waals surface area contributed by atoms with Gasteiger partial charge >= 0.3 is 6.18 Å². The summed E-state index contributed by atoms with van der Waals surface area (Å²) in [5.74, 6) is 0.663. The van der Waals surface area contributed by atoms with E-state index in [4.69, 9.17) is 0 Å². The molecule has 2 aliphatic rings. The predicted molar refractivity (Wildman–Crippen MR) is 135 cm³/mol. The first-order valence-electron chi connectivity index (χ1n) is 12.6. The highest BCUT2D eigenvalue weighted by Crippen LogP contribution is 2.38. The molecular formula is C27H33F3N4O2. The highest BCUT2D eigenvalue weighted by molar-refractivity contribution is 5.76. The van der Waals surface area contributed by atoms with Crippen LogP contribution in [0.5, 0.6) is 0 Å². The second-order valence-electron chi connectivity index (χ2n) is 9.93. The number of carbonyl (C=O) groups is 1. The molecule has 1 aliphatic carbocycles. The van der Waals surface area contributed by atoms with Crippen LogP contribution in [0.15, 0.2) is 47.6 Å². The third-order valence-electron chi connectivity index (χ3n) is 7.42. The first-order valence-corrected chi connectivity index (χ1v) is 12.6. The van der Waals surface area contributed by atoms with Gasteiger partial charge in [0.2, 0.25) is 5.91 Å². The molecule has 1 saturated heterocycles. The van der Waals surface area contributed by atoms with Gasteiger partial charge in [0.25, 0.3) is 0 Å². The molecule has 0 aromatic heterocycles. The smallest absolute Gasteiger partial charge is 0.382 e. The van der Waals surface area contributed by atoms with Crippen molar-refractivity contribution in [2.75, 3.05) is 36.4 Å². The minimum Gasteiger partial charge on any atom is -0.382 e. The number of nitrogens with one attached hydrogen (secondary N) is 1. The quantitative estimate of drug-likeness (QED) is 0.438. The molecule has 1 N–H and O–H groups in total. The molecule has 0 atom stereocenters. The molecule has 194 valence electrons. The molecule has 1 amide bonds. The normalized spacial score (nSPS) is 20.8. The molecule has 0 radical (unpaired) electrons. The number of nitroso groups, excluding NO2 is 1. The van der Waals surface area contributed by atoms with E-state index in [9.17, 15) is 22.9 Å². The largest absolute Gasteiger partial charge is 0.418 e. The van der Waals surface area contributed by atoms with Gasteiger partial charge in [0.05, 0.1) is 5.56 Å². The van der Waals surface area contributed by atoms with Crippen molar-refractivity contribution in [3.8, 4) is 0 Å². The Hall–Kier alpha value is -3.10. The molecule has 2 aromatic carbocycles. The zero-order valence-corrected chi connectivity index (χ0v) is 20.6. The standard InChI is InChI=1S/C27H33F3N4O2/c1-19-2-10-23(11-3-19)33-14-16-34(17-15-33)26(35)13-6-20-4-7-21(8-5-20)31-22-9-12-25(32-36)24(18-22)27(28,29)30/h2-3,9-12,18,20-21,31H,4-8,13-17H2,1H3. The van der Waals surface area contributed by atoms with Gasteiger partial charge in [-0.25, -0.2) is 0 Å². The number of hydrogen-bond donors (Lipinski definition) is 1. The van der Waals surface area contributed by atoms with Gasteiger partial charge in [-0.1, -0.05) is 17.7 Å². The number of piperazine rings is 1. The van der Waals surface area contributed by atoms with Crippen molar-refractivity contribution >= 4 is 23.0 Å². The molecule has 1 saturated carbocycles. The lowest BCUT2D eigenvalue weighted by Crippen LogP contribution is -2.48. The highest BCUT2D eigenvalue weighted by atomic mass is 19.4. The summed E-state index contributed by atoms with van der Waals surface area (Å²) in [6.45, 7) is 5.23. The second kappa shape index (κ2) is 11.3. The Morgan fingerprint density at radius 3 is 2.28 bits per heavy atom. The van der Waals surface area contributed by atoms with Crippen LogP contribution >= 0.6 is 0 Å². The van der Waals surface area contributed by atoms with Crippen LogP contribution in [0.4, 0.5) is 30.2 Å². The van der Waals surface area contributed by atoms with Crippen LogP contribution in [-0.2, 0) is 11.0 Å². The van der Waals surface area contributed by atoms with Crippen molar-refractivity contribution < 1.29 is 18.0 Å². The molecule has 4 rings (SSSR count). The van der Waals surface area contributed by atoms with Crippen molar-refractivity contribution in [2.24, 2.45) is 11.1 Å². The van der Waals surface area contributed by atoms with Gasteiger partial charge in [0.1, 0.15) is 5.69 Å². The van der Waals surface area contributed by atoms with Crippen LogP contribution in [0.1, 0.15) is 49.7 Å². The number of benzene rings is 2. The molecule has 1 heterocycles. The molecule has 6 nitrogen and oxygen atoms in total. The summed E-state index contributed by atoms with van der Waals surface area (Å²) in [4.78, 5) is 27.8. The van der Waals surface area contributed by atoms with Gasteiger partial charge in [-0.05, 0) is 80.5 Å². The number of nitrogens with zero attached hydrogens (tertiary/aromatic N) is 3. The van der Waals surface area contributed by atoms with Gasteiger partial charge in [0, 0.05) is 50.0 Å². The number of hydrogen-bond acceptors (Lipinski definition) is 5. The summed E-state index contributed by atoms with van der Waals surface area (Å²) in [6, 6.07) is 12.1. The van der Waals surface area contributed by atoms with E-state index < -0.39 is 17.4 Å². The summed E-state index contributed by atoms with van der Waals surface area (Å²) in [7, 11) is 0. The fourth-order valence-electron chi connectivity index (χ4n) is 5.22. The first kappa shape index (κ1) is 26.0. The number of alkyl halides is 3. The molecular weight excluding hydrogens is 469 g/mol. The monoisotopic (exact) mass is 502 g/mol. The van der Waals surface area contributed by atoms with E-state index in [2.05, 4.69) is 46.6 Å². The number of amides is 1. The molecule has 0 spiro atoms. The van der Waals surface area contributed by atoms with Gasteiger partial charge in [-0.2, -0.15) is 13.2 Å². The third-order valence-corrected chi connectivity index (χ3v) is 7.42. The van der Waals surface area contributed by atoms with E-state index in [-0.39, 0.29) is 11.9 Å². The highest BCUT2D eigenvalue weighted by Gasteiger charge is 2.34. The number of carbonyl (C=O) groups excluding carboxylic acids is 1. The summed E-state index contributed by atoms with van der Waals surface area (Å²) < 4.78 is 39.5. The molecule has 2 fully saturated rings. The third kappa shape index (κ3) is 6.56. The van der Waals surface area contributed by atoms with Crippen LogP contribution in [-0.4, -0.2) is 43.0 Å². The van der Waals surface area contributed by atoms with E-state index in [0.29, 0.717) is 18.0 Å². The minimum atomic E-state index is -4.63. The summed E-state index contributed by atoms with van der Waals surface area (Å²) in [5.41, 5.74) is 1.16. The fraction of sp³-hybridized carbons (Fsp3) is 0.519. The number of halogens is 3. The zero-order chi connectivity index (χ0) is 25.7. The van der Waals surface area contributed by atoms with Crippen molar-refractivity contribution in [3.63, 3.8) is 0 Å². The lowest BCUT2D eigenvalue weighted by atomic mass is 9.83. The zero-order valence-electron chi connectivity index (χ0n) is 20.6.